The summed E-state index contributed by atoms with van der Waals surface area (Å²) in [6.07, 6.45) is 5.01. The molecule has 7 nitrogen and oxygen atoms in total. The van der Waals surface area contributed by atoms with Crippen molar-refractivity contribution in [2.75, 3.05) is 25.0 Å². The molecule has 4 aromatic rings. The van der Waals surface area contributed by atoms with E-state index in [1.54, 1.807) is 41.4 Å². The predicted molar refractivity (Wildman–Crippen MR) is 146 cm³/mol. The molecule has 5 rings (SSSR count). The number of anilines is 1. The first kappa shape index (κ1) is 25.0. The fraction of sp³-hybridized carbons (Fsp3) is 0.276. The van der Waals surface area contributed by atoms with E-state index < -0.39 is 0 Å². The second-order valence-corrected chi connectivity index (χ2v) is 9.97. The average molecular weight is 516 g/mol. The first-order chi connectivity index (χ1) is 18.0. The molecule has 1 fully saturated rings. The van der Waals surface area contributed by atoms with Gasteiger partial charge in [0.1, 0.15) is 18.2 Å². The highest BCUT2D eigenvalue weighted by molar-refractivity contribution is 6.30. The van der Waals surface area contributed by atoms with Crippen molar-refractivity contribution >= 4 is 17.4 Å². The molecule has 2 atom stereocenters. The summed E-state index contributed by atoms with van der Waals surface area (Å²) in [5.74, 6) is 1.90. The quantitative estimate of drug-likeness (QED) is 0.335. The molecule has 0 bridgehead atoms. The number of hydrogen-bond donors (Lipinski definition) is 0. The van der Waals surface area contributed by atoms with Gasteiger partial charge in [-0.2, -0.15) is 0 Å². The van der Waals surface area contributed by atoms with E-state index in [0.717, 1.165) is 31.1 Å². The summed E-state index contributed by atoms with van der Waals surface area (Å²) in [4.78, 5) is 26.4. The Hall–Kier alpha value is -3.68. The van der Waals surface area contributed by atoms with Crippen LogP contribution < -0.4 is 15.2 Å². The Morgan fingerprint density at radius 3 is 2.57 bits per heavy atom. The molecule has 0 N–H and O–H groups in total. The number of rotatable bonds is 8. The van der Waals surface area contributed by atoms with E-state index >= 15 is 0 Å². The average Bonchev–Trinajstić information content (AvgIpc) is 3.28. The maximum Gasteiger partial charge on any atom is 0.258 e. The molecule has 1 aliphatic heterocycles. The van der Waals surface area contributed by atoms with Gasteiger partial charge >= 0.3 is 0 Å². The van der Waals surface area contributed by atoms with Gasteiger partial charge in [-0.05, 0) is 41.8 Å². The maximum atomic E-state index is 12.8. The van der Waals surface area contributed by atoms with Gasteiger partial charge in [-0.1, -0.05) is 48.9 Å². The number of nitrogens with zero attached hydrogens (tertiary/aromatic N) is 5. The fourth-order valence-electron chi connectivity index (χ4n) is 4.84. The fourth-order valence-corrected chi connectivity index (χ4v) is 4.95. The molecular weight excluding hydrogens is 486 g/mol. The summed E-state index contributed by atoms with van der Waals surface area (Å²) >= 11 is 5.87. The molecule has 0 amide bonds. The van der Waals surface area contributed by atoms with Gasteiger partial charge in [-0.25, -0.2) is 4.98 Å². The second-order valence-electron chi connectivity index (χ2n) is 9.54. The Morgan fingerprint density at radius 1 is 1.03 bits per heavy atom. The summed E-state index contributed by atoms with van der Waals surface area (Å²) in [5, 5.41) is 0.569. The number of ether oxygens (including phenoxy) is 1. The topological polar surface area (TPSA) is 63.5 Å². The van der Waals surface area contributed by atoms with Crippen molar-refractivity contribution in [2.24, 2.45) is 5.92 Å². The van der Waals surface area contributed by atoms with E-state index in [-0.39, 0.29) is 12.2 Å². The maximum absolute atomic E-state index is 12.8. The molecule has 37 heavy (non-hydrogen) atoms. The van der Waals surface area contributed by atoms with E-state index in [1.165, 1.54) is 11.6 Å². The van der Waals surface area contributed by atoms with Crippen molar-refractivity contribution in [3.05, 3.63) is 112 Å². The number of likely N-dealkylation sites (tertiary alicyclic amines) is 1. The van der Waals surface area contributed by atoms with Crippen molar-refractivity contribution in [1.82, 2.24) is 19.4 Å². The van der Waals surface area contributed by atoms with E-state index in [2.05, 4.69) is 64.1 Å². The summed E-state index contributed by atoms with van der Waals surface area (Å²) < 4.78 is 7.28. The minimum absolute atomic E-state index is 0.189. The minimum Gasteiger partial charge on any atom is -0.487 e. The van der Waals surface area contributed by atoms with Crippen LogP contribution >= 0.6 is 11.6 Å². The van der Waals surface area contributed by atoms with E-state index in [4.69, 9.17) is 16.3 Å². The summed E-state index contributed by atoms with van der Waals surface area (Å²) in [5.41, 5.74) is 2.59. The van der Waals surface area contributed by atoms with Gasteiger partial charge in [0.2, 0.25) is 0 Å². The molecule has 0 spiro atoms. The second kappa shape index (κ2) is 11.2. The third-order valence-corrected chi connectivity index (χ3v) is 7.06. The highest BCUT2D eigenvalue weighted by Crippen LogP contribution is 2.26. The van der Waals surface area contributed by atoms with Crippen LogP contribution in [0.25, 0.3) is 5.69 Å². The van der Waals surface area contributed by atoms with Crippen molar-refractivity contribution in [1.29, 1.82) is 0 Å². The molecule has 0 saturated carbocycles. The largest absolute Gasteiger partial charge is 0.487 e. The zero-order valence-corrected chi connectivity index (χ0v) is 21.8. The molecule has 2 unspecified atom stereocenters. The van der Waals surface area contributed by atoms with Crippen LogP contribution in [-0.2, 0) is 13.2 Å². The number of aromatic nitrogens is 3. The lowest BCUT2D eigenvalue weighted by Crippen LogP contribution is -2.38. The highest BCUT2D eigenvalue weighted by atomic mass is 35.5. The Bertz CT molecular complexity index is 1380. The van der Waals surface area contributed by atoms with Crippen LogP contribution in [0.15, 0.2) is 90.1 Å². The molecule has 0 aliphatic carbocycles. The summed E-state index contributed by atoms with van der Waals surface area (Å²) in [7, 11) is 2.10. The monoisotopic (exact) mass is 515 g/mol. The van der Waals surface area contributed by atoms with Crippen molar-refractivity contribution in [3.63, 3.8) is 0 Å². The number of hydrogen-bond acceptors (Lipinski definition) is 6. The zero-order chi connectivity index (χ0) is 25.8. The van der Waals surface area contributed by atoms with Crippen LogP contribution in [0.2, 0.25) is 5.02 Å². The SMILES string of the molecule is CC1CN(Cc2ccccc2)CC1N(C)c1ccc(-n2ccc(OCc3ccc(Cl)cn3)cc2=O)cn1. The first-order valence-corrected chi connectivity index (χ1v) is 12.8. The van der Waals surface area contributed by atoms with Gasteiger partial charge in [-0.15, -0.1) is 0 Å². The lowest BCUT2D eigenvalue weighted by Gasteiger charge is -2.28. The van der Waals surface area contributed by atoms with Gasteiger partial charge in [0.05, 0.1) is 22.6 Å². The highest BCUT2D eigenvalue weighted by Gasteiger charge is 2.32. The van der Waals surface area contributed by atoms with E-state index in [0.29, 0.717) is 28.4 Å². The molecular formula is C29H30ClN5O2. The van der Waals surface area contributed by atoms with Crippen LogP contribution in [0.4, 0.5) is 5.82 Å². The lowest BCUT2D eigenvalue weighted by atomic mass is 10.1. The summed E-state index contributed by atoms with van der Waals surface area (Å²) in [6, 6.07) is 21.7. The summed E-state index contributed by atoms with van der Waals surface area (Å²) in [6.45, 7) is 5.56. The smallest absolute Gasteiger partial charge is 0.258 e. The van der Waals surface area contributed by atoms with Crippen LogP contribution in [0.5, 0.6) is 5.75 Å². The van der Waals surface area contributed by atoms with Crippen LogP contribution in [0.1, 0.15) is 18.2 Å². The minimum atomic E-state index is -0.189. The van der Waals surface area contributed by atoms with Crippen molar-refractivity contribution in [2.45, 2.75) is 26.1 Å². The molecule has 1 aliphatic rings. The molecule has 1 saturated heterocycles. The van der Waals surface area contributed by atoms with Crippen molar-refractivity contribution < 1.29 is 4.74 Å². The molecule has 1 aromatic carbocycles. The third kappa shape index (κ3) is 6.01. The van der Waals surface area contributed by atoms with Gasteiger partial charge in [0.15, 0.2) is 0 Å². The van der Waals surface area contributed by atoms with Crippen molar-refractivity contribution in [3.8, 4) is 11.4 Å². The Kier molecular flexibility index (Phi) is 7.53. The molecule has 4 heterocycles. The lowest BCUT2D eigenvalue weighted by molar-refractivity contribution is 0.300. The number of halogens is 1. The molecule has 3 aromatic heterocycles. The third-order valence-electron chi connectivity index (χ3n) is 6.83. The number of likely N-dealkylation sites (N-methyl/N-ethyl adjacent to an activating group) is 1. The normalized spacial score (nSPS) is 17.6. The zero-order valence-electron chi connectivity index (χ0n) is 21.0. The van der Waals surface area contributed by atoms with Crippen LogP contribution in [0.3, 0.4) is 0 Å². The number of pyridine rings is 3. The standard InChI is InChI=1S/C29H30ClN5O2/c1-21-17-34(18-22-6-4-3-5-7-22)19-27(21)33(2)28-11-10-25(16-32-28)35-13-12-26(14-29(35)36)37-20-24-9-8-23(30)15-31-24/h3-16,21,27H,17-20H2,1-2H3. The van der Waals surface area contributed by atoms with Gasteiger partial charge < -0.3 is 9.64 Å². The first-order valence-electron chi connectivity index (χ1n) is 12.4. The molecule has 8 heteroatoms. The van der Waals surface area contributed by atoms with Crippen LogP contribution in [-0.4, -0.2) is 45.6 Å². The Morgan fingerprint density at radius 2 is 1.86 bits per heavy atom. The number of benzene rings is 1. The predicted octanol–water partition coefficient (Wildman–Crippen LogP) is 4.82. The van der Waals surface area contributed by atoms with Gasteiger partial charge in [-0.3, -0.25) is 19.2 Å². The molecule has 190 valence electrons. The molecule has 0 radical (unpaired) electrons. The van der Waals surface area contributed by atoms with Gasteiger partial charge in [0, 0.05) is 51.2 Å². The van der Waals surface area contributed by atoms with E-state index in [1.807, 2.05) is 12.1 Å². The Labute approximate surface area is 221 Å². The van der Waals surface area contributed by atoms with Crippen LogP contribution in [0, 0.1) is 5.92 Å². The van der Waals surface area contributed by atoms with E-state index in [9.17, 15) is 4.79 Å². The van der Waals surface area contributed by atoms with Gasteiger partial charge in [0.25, 0.3) is 5.56 Å². The Balaban J connectivity index is 1.22.